The molecule has 0 N–H and O–H groups in total. The zero-order valence-corrected chi connectivity index (χ0v) is 6.38. The fraction of sp³-hybridized carbons (Fsp3) is 0.167. The van der Waals surface area contributed by atoms with Crippen molar-refractivity contribution < 1.29 is 22.5 Å². The Kier molecular flexibility index (Phi) is 2.63. The summed E-state index contributed by atoms with van der Waals surface area (Å²) in [6.45, 7) is 0. The zero-order chi connectivity index (χ0) is 10.9. The van der Waals surface area contributed by atoms with Crippen LogP contribution in [0.1, 0.15) is 12.0 Å². The van der Waals surface area contributed by atoms with Gasteiger partial charge in [-0.2, -0.15) is 4.39 Å². The third-order valence-corrected chi connectivity index (χ3v) is 1.38. The van der Waals surface area contributed by atoms with Crippen molar-refractivity contribution in [2.45, 2.75) is 6.43 Å². The number of halogens is 4. The van der Waals surface area contributed by atoms with Gasteiger partial charge in [0.2, 0.25) is 5.82 Å². The van der Waals surface area contributed by atoms with E-state index in [1.807, 2.05) is 0 Å². The molecule has 1 aromatic heterocycles. The van der Waals surface area contributed by atoms with Gasteiger partial charge in [0.25, 0.3) is 6.43 Å². The lowest BCUT2D eigenvalue weighted by atomic mass is 10.2. The maximum absolute atomic E-state index is 12.8. The van der Waals surface area contributed by atoms with Crippen molar-refractivity contribution in [2.24, 2.45) is 0 Å². The van der Waals surface area contributed by atoms with Crippen molar-refractivity contribution in [3.05, 3.63) is 33.5 Å². The molecule has 0 unspecified atom stereocenters. The smallest absolute Gasteiger partial charge is 0.358 e. The SMILES string of the molecule is O=[N+]([O-])c1ncc(F)c(C(F)F)c1F. The Morgan fingerprint density at radius 1 is 1.43 bits per heavy atom. The number of nitrogens with zero attached hydrogens (tertiary/aromatic N) is 2. The molecule has 0 fully saturated rings. The first-order chi connectivity index (χ1) is 6.45. The molecule has 0 aliphatic rings. The summed E-state index contributed by atoms with van der Waals surface area (Å²) in [5.41, 5.74) is -1.63. The Morgan fingerprint density at radius 2 is 2.00 bits per heavy atom. The van der Waals surface area contributed by atoms with Crippen LogP contribution in [0.2, 0.25) is 0 Å². The van der Waals surface area contributed by atoms with E-state index in [-0.39, 0.29) is 6.20 Å². The lowest BCUT2D eigenvalue weighted by Crippen LogP contribution is -2.03. The Morgan fingerprint density at radius 3 is 2.43 bits per heavy atom. The van der Waals surface area contributed by atoms with Gasteiger partial charge in [-0.3, -0.25) is 0 Å². The van der Waals surface area contributed by atoms with Gasteiger partial charge < -0.3 is 10.1 Å². The van der Waals surface area contributed by atoms with Crippen LogP contribution in [0, 0.1) is 21.7 Å². The van der Waals surface area contributed by atoms with E-state index >= 15 is 0 Å². The maximum Gasteiger partial charge on any atom is 0.400 e. The van der Waals surface area contributed by atoms with Crippen LogP contribution in [0.5, 0.6) is 0 Å². The van der Waals surface area contributed by atoms with Crippen LogP contribution in [-0.4, -0.2) is 9.91 Å². The number of rotatable bonds is 2. The van der Waals surface area contributed by atoms with Gasteiger partial charge in [0, 0.05) is 0 Å². The first-order valence-corrected chi connectivity index (χ1v) is 3.21. The number of alkyl halides is 2. The molecular formula is C6H2F4N2O2. The van der Waals surface area contributed by atoms with E-state index < -0.39 is 34.4 Å². The van der Waals surface area contributed by atoms with Gasteiger partial charge in [0.05, 0.1) is 0 Å². The maximum atomic E-state index is 12.8. The molecule has 0 aliphatic heterocycles. The summed E-state index contributed by atoms with van der Waals surface area (Å²) in [7, 11) is 0. The van der Waals surface area contributed by atoms with E-state index in [9.17, 15) is 27.7 Å². The fourth-order valence-corrected chi connectivity index (χ4v) is 0.797. The van der Waals surface area contributed by atoms with Crippen molar-refractivity contribution in [3.63, 3.8) is 0 Å². The molecule has 0 atom stereocenters. The van der Waals surface area contributed by atoms with Gasteiger partial charge in [0.15, 0.2) is 12.0 Å². The van der Waals surface area contributed by atoms with Crippen LogP contribution in [0.25, 0.3) is 0 Å². The van der Waals surface area contributed by atoms with Crippen molar-refractivity contribution in [1.29, 1.82) is 0 Å². The molecule has 1 rings (SSSR count). The van der Waals surface area contributed by atoms with Gasteiger partial charge in [-0.15, -0.1) is 0 Å². The van der Waals surface area contributed by atoms with E-state index in [4.69, 9.17) is 0 Å². The highest BCUT2D eigenvalue weighted by Gasteiger charge is 2.28. The van der Waals surface area contributed by atoms with Crippen LogP contribution in [0.15, 0.2) is 6.20 Å². The lowest BCUT2D eigenvalue weighted by molar-refractivity contribution is -0.392. The summed E-state index contributed by atoms with van der Waals surface area (Å²) >= 11 is 0. The largest absolute Gasteiger partial charge is 0.400 e. The molecule has 0 aliphatic carbocycles. The first-order valence-electron chi connectivity index (χ1n) is 3.21. The second-order valence-corrected chi connectivity index (χ2v) is 2.22. The van der Waals surface area contributed by atoms with Crippen LogP contribution in [0.3, 0.4) is 0 Å². The summed E-state index contributed by atoms with van der Waals surface area (Å²) in [5, 5.41) is 10.0. The molecule has 0 radical (unpaired) electrons. The van der Waals surface area contributed by atoms with Crippen LogP contribution in [-0.2, 0) is 0 Å². The number of hydrogen-bond donors (Lipinski definition) is 0. The quantitative estimate of drug-likeness (QED) is 0.427. The molecule has 0 aromatic carbocycles. The molecular weight excluding hydrogens is 208 g/mol. The third kappa shape index (κ3) is 1.63. The topological polar surface area (TPSA) is 56.0 Å². The van der Waals surface area contributed by atoms with Crippen molar-refractivity contribution in [1.82, 2.24) is 4.98 Å². The van der Waals surface area contributed by atoms with Gasteiger partial charge in [0.1, 0.15) is 5.56 Å². The lowest BCUT2D eigenvalue weighted by Gasteiger charge is -2.01. The second-order valence-electron chi connectivity index (χ2n) is 2.22. The van der Waals surface area contributed by atoms with Crippen LogP contribution in [0.4, 0.5) is 23.4 Å². The molecule has 0 bridgehead atoms. The Labute approximate surface area is 74.3 Å². The van der Waals surface area contributed by atoms with Crippen LogP contribution >= 0.6 is 0 Å². The van der Waals surface area contributed by atoms with E-state index in [2.05, 4.69) is 4.98 Å². The van der Waals surface area contributed by atoms with Gasteiger partial charge in [-0.1, -0.05) is 0 Å². The molecule has 1 aromatic rings. The standard InChI is InChI=1S/C6H2F4N2O2/c7-2-1-11-6(12(13)14)4(8)3(2)5(9)10/h1,5H. The molecule has 14 heavy (non-hydrogen) atoms. The van der Waals surface area contributed by atoms with Crippen molar-refractivity contribution >= 4 is 5.82 Å². The molecule has 1 heterocycles. The van der Waals surface area contributed by atoms with E-state index in [1.165, 1.54) is 0 Å². The van der Waals surface area contributed by atoms with Gasteiger partial charge in [-0.25, -0.2) is 13.2 Å². The van der Waals surface area contributed by atoms with E-state index in [1.54, 1.807) is 0 Å². The summed E-state index contributed by atoms with van der Waals surface area (Å²) < 4.78 is 49.4. The molecule has 0 amide bonds. The average molecular weight is 210 g/mol. The second kappa shape index (κ2) is 3.56. The molecule has 4 nitrogen and oxygen atoms in total. The molecule has 76 valence electrons. The third-order valence-electron chi connectivity index (χ3n) is 1.38. The summed E-state index contributed by atoms with van der Waals surface area (Å²) in [4.78, 5) is 11.5. The number of pyridine rings is 1. The number of nitro groups is 1. The van der Waals surface area contributed by atoms with E-state index in [0.29, 0.717) is 0 Å². The van der Waals surface area contributed by atoms with Crippen LogP contribution < -0.4 is 0 Å². The number of hydrogen-bond acceptors (Lipinski definition) is 3. The minimum absolute atomic E-state index is 0.183. The minimum atomic E-state index is -3.46. The number of aromatic nitrogens is 1. The minimum Gasteiger partial charge on any atom is -0.358 e. The average Bonchev–Trinajstić information content (AvgIpc) is 2.02. The Hall–Kier alpha value is -1.73. The molecule has 0 saturated carbocycles. The van der Waals surface area contributed by atoms with E-state index in [0.717, 1.165) is 0 Å². The van der Waals surface area contributed by atoms with Crippen molar-refractivity contribution in [3.8, 4) is 0 Å². The van der Waals surface area contributed by atoms with Gasteiger partial charge in [-0.05, 0) is 9.91 Å². The highest BCUT2D eigenvalue weighted by atomic mass is 19.3. The van der Waals surface area contributed by atoms with Crippen molar-refractivity contribution in [2.75, 3.05) is 0 Å². The monoisotopic (exact) mass is 210 g/mol. The fourth-order valence-electron chi connectivity index (χ4n) is 0.797. The normalized spacial score (nSPS) is 10.6. The first kappa shape index (κ1) is 10.4. The predicted molar refractivity (Wildman–Crippen MR) is 35.8 cm³/mol. The van der Waals surface area contributed by atoms with Gasteiger partial charge >= 0.3 is 5.82 Å². The molecule has 8 heteroatoms. The summed E-state index contributed by atoms with van der Waals surface area (Å²) in [6.07, 6.45) is -3.28. The Bertz CT molecular complexity index is 382. The molecule has 0 saturated heterocycles. The molecule has 0 spiro atoms. The summed E-state index contributed by atoms with van der Waals surface area (Å²) in [5.74, 6) is -4.96. The predicted octanol–water partition coefficient (Wildman–Crippen LogP) is 2.21. The Balaban J connectivity index is 3.41. The highest BCUT2D eigenvalue weighted by molar-refractivity contribution is 5.30. The zero-order valence-electron chi connectivity index (χ0n) is 6.38. The highest BCUT2D eigenvalue weighted by Crippen LogP contribution is 2.28. The summed E-state index contributed by atoms with van der Waals surface area (Å²) in [6, 6.07) is 0.